The molecule has 4 unspecified atom stereocenters. The Balaban J connectivity index is 1.91. The van der Waals surface area contributed by atoms with Gasteiger partial charge in [-0.05, 0) is 66.7 Å². The van der Waals surface area contributed by atoms with Gasteiger partial charge in [0, 0.05) is 31.3 Å². The number of carbonyl (C=O) groups is 1. The maximum absolute atomic E-state index is 12.3. The molecule has 0 aromatic rings. The topological polar surface area (TPSA) is 50.8 Å². The Kier molecular flexibility index (Phi) is 5.62. The number of amides is 1. The average molecular weight is 326 g/mol. The Morgan fingerprint density at radius 3 is 2.70 bits per heavy atom. The van der Waals surface area contributed by atoms with Crippen molar-refractivity contribution in [1.82, 2.24) is 10.2 Å². The molecule has 0 bridgehead atoms. The van der Waals surface area contributed by atoms with Crippen molar-refractivity contribution in [2.45, 2.75) is 84.1 Å². The average Bonchev–Trinajstić information content (AvgIpc) is 2.76. The molecule has 0 aliphatic carbocycles. The zero-order chi connectivity index (χ0) is 17.3. The van der Waals surface area contributed by atoms with Crippen LogP contribution < -0.4 is 5.32 Å². The second kappa shape index (κ2) is 6.98. The number of carbonyl (C=O) groups excluding carboxylic acids is 1. The van der Waals surface area contributed by atoms with Gasteiger partial charge in [0.1, 0.15) is 5.60 Å². The maximum atomic E-state index is 12.3. The molecule has 2 aliphatic rings. The van der Waals surface area contributed by atoms with Gasteiger partial charge in [0.15, 0.2) is 0 Å². The van der Waals surface area contributed by atoms with E-state index in [1.807, 2.05) is 25.7 Å². The first kappa shape index (κ1) is 18.5. The highest BCUT2D eigenvalue weighted by Gasteiger charge is 2.40. The highest BCUT2D eigenvalue weighted by atomic mass is 16.6. The molecule has 5 nitrogen and oxygen atoms in total. The molecule has 0 spiro atoms. The predicted molar refractivity (Wildman–Crippen MR) is 91.6 cm³/mol. The molecule has 134 valence electrons. The fourth-order valence-electron chi connectivity index (χ4n) is 3.57. The van der Waals surface area contributed by atoms with E-state index in [2.05, 4.69) is 26.1 Å². The number of hydrogen-bond donors (Lipinski definition) is 1. The van der Waals surface area contributed by atoms with Crippen LogP contribution >= 0.6 is 0 Å². The molecule has 0 aromatic heterocycles. The third kappa shape index (κ3) is 4.83. The minimum atomic E-state index is -0.433. The Morgan fingerprint density at radius 1 is 1.43 bits per heavy atom. The summed E-state index contributed by atoms with van der Waals surface area (Å²) in [5.41, 5.74) is -0.397. The van der Waals surface area contributed by atoms with E-state index in [0.717, 1.165) is 39.0 Å². The minimum absolute atomic E-state index is 0.0353. The Hall–Kier alpha value is -0.810. The first-order chi connectivity index (χ1) is 10.6. The fraction of sp³-hybridized carbons (Fsp3) is 0.944. The van der Waals surface area contributed by atoms with Crippen LogP contribution in [-0.4, -0.2) is 54.0 Å². The van der Waals surface area contributed by atoms with Gasteiger partial charge in [-0.3, -0.25) is 0 Å². The van der Waals surface area contributed by atoms with Gasteiger partial charge < -0.3 is 19.7 Å². The summed E-state index contributed by atoms with van der Waals surface area (Å²) in [5, 5.41) is 3.78. The third-order valence-corrected chi connectivity index (χ3v) is 5.26. The molecule has 2 heterocycles. The van der Waals surface area contributed by atoms with E-state index in [-0.39, 0.29) is 17.7 Å². The van der Waals surface area contributed by atoms with Gasteiger partial charge in [-0.1, -0.05) is 0 Å². The van der Waals surface area contributed by atoms with Gasteiger partial charge in [0.05, 0.1) is 6.10 Å². The van der Waals surface area contributed by atoms with Crippen LogP contribution in [0.1, 0.15) is 60.8 Å². The number of hydrogen-bond acceptors (Lipinski definition) is 4. The predicted octanol–water partition coefficient (Wildman–Crippen LogP) is 3.18. The second-order valence-corrected chi connectivity index (χ2v) is 8.44. The Labute approximate surface area is 141 Å². The molecule has 0 radical (unpaired) electrons. The van der Waals surface area contributed by atoms with Crippen molar-refractivity contribution < 1.29 is 14.3 Å². The minimum Gasteiger partial charge on any atom is -0.444 e. The molecule has 4 atom stereocenters. The van der Waals surface area contributed by atoms with Crippen molar-refractivity contribution in [3.8, 4) is 0 Å². The first-order valence-corrected chi connectivity index (χ1v) is 8.98. The lowest BCUT2D eigenvalue weighted by Gasteiger charge is -2.40. The van der Waals surface area contributed by atoms with Gasteiger partial charge >= 0.3 is 6.09 Å². The summed E-state index contributed by atoms with van der Waals surface area (Å²) in [6, 6.07) is 0.356. The van der Waals surface area contributed by atoms with Crippen LogP contribution in [0.25, 0.3) is 0 Å². The summed E-state index contributed by atoms with van der Waals surface area (Å²) in [6.45, 7) is 14.8. The number of piperidine rings is 1. The molecular formula is C18H34N2O3. The molecule has 1 N–H and O–H groups in total. The molecule has 2 fully saturated rings. The summed E-state index contributed by atoms with van der Waals surface area (Å²) in [6.07, 6.45) is 3.28. The Bertz CT molecular complexity index is 421. The van der Waals surface area contributed by atoms with Crippen LogP contribution in [0.2, 0.25) is 0 Å². The Morgan fingerprint density at radius 2 is 2.13 bits per heavy atom. The lowest BCUT2D eigenvalue weighted by molar-refractivity contribution is 0.0132. The van der Waals surface area contributed by atoms with Crippen LogP contribution in [0.15, 0.2) is 0 Å². The summed E-state index contributed by atoms with van der Waals surface area (Å²) in [7, 11) is 0. The molecule has 0 aromatic carbocycles. The van der Waals surface area contributed by atoms with E-state index in [1.165, 1.54) is 0 Å². The first-order valence-electron chi connectivity index (χ1n) is 8.98. The fourth-order valence-corrected chi connectivity index (χ4v) is 3.57. The second-order valence-electron chi connectivity index (χ2n) is 8.44. The van der Waals surface area contributed by atoms with E-state index in [1.54, 1.807) is 0 Å². The highest BCUT2D eigenvalue weighted by Crippen LogP contribution is 2.29. The molecule has 23 heavy (non-hydrogen) atoms. The van der Waals surface area contributed by atoms with Crippen molar-refractivity contribution in [2.75, 3.05) is 19.7 Å². The van der Waals surface area contributed by atoms with Crippen molar-refractivity contribution in [2.24, 2.45) is 5.92 Å². The highest BCUT2D eigenvalue weighted by molar-refractivity contribution is 5.68. The normalized spacial score (nSPS) is 33.6. The van der Waals surface area contributed by atoms with Crippen LogP contribution in [-0.2, 0) is 9.47 Å². The van der Waals surface area contributed by atoms with E-state index in [0.29, 0.717) is 12.0 Å². The van der Waals surface area contributed by atoms with Gasteiger partial charge in [0.2, 0.25) is 0 Å². The largest absolute Gasteiger partial charge is 0.444 e. The molecule has 1 amide bonds. The van der Waals surface area contributed by atoms with E-state index < -0.39 is 5.60 Å². The van der Waals surface area contributed by atoms with Crippen LogP contribution in [0, 0.1) is 5.92 Å². The maximum Gasteiger partial charge on any atom is 0.410 e. The van der Waals surface area contributed by atoms with E-state index in [4.69, 9.17) is 9.47 Å². The summed E-state index contributed by atoms with van der Waals surface area (Å²) >= 11 is 0. The van der Waals surface area contributed by atoms with Crippen LogP contribution in [0.3, 0.4) is 0 Å². The van der Waals surface area contributed by atoms with Crippen LogP contribution in [0.4, 0.5) is 4.79 Å². The zero-order valence-electron chi connectivity index (χ0n) is 15.6. The number of rotatable bonds is 3. The van der Waals surface area contributed by atoms with Crippen molar-refractivity contribution >= 4 is 6.09 Å². The van der Waals surface area contributed by atoms with Crippen LogP contribution in [0.5, 0.6) is 0 Å². The van der Waals surface area contributed by atoms with Crippen molar-refractivity contribution in [3.05, 3.63) is 0 Å². The van der Waals surface area contributed by atoms with Gasteiger partial charge in [-0.25, -0.2) is 4.79 Å². The molecule has 2 saturated heterocycles. The quantitative estimate of drug-likeness (QED) is 0.865. The van der Waals surface area contributed by atoms with Gasteiger partial charge in [-0.15, -0.1) is 0 Å². The lowest BCUT2D eigenvalue weighted by Crippen LogP contribution is -2.56. The number of nitrogens with zero attached hydrogens (tertiary/aromatic N) is 1. The summed E-state index contributed by atoms with van der Waals surface area (Å²) in [4.78, 5) is 14.2. The molecule has 2 rings (SSSR count). The van der Waals surface area contributed by atoms with Gasteiger partial charge in [-0.2, -0.15) is 0 Å². The van der Waals surface area contributed by atoms with Crippen molar-refractivity contribution in [3.63, 3.8) is 0 Å². The number of nitrogens with one attached hydrogen (secondary N) is 1. The molecule has 0 saturated carbocycles. The van der Waals surface area contributed by atoms with Crippen molar-refractivity contribution in [1.29, 1.82) is 0 Å². The monoisotopic (exact) mass is 326 g/mol. The zero-order valence-corrected chi connectivity index (χ0v) is 15.6. The summed E-state index contributed by atoms with van der Waals surface area (Å²) in [5.74, 6) is 0.459. The SMILES string of the molecule is CC(NC1(C)CCOC1C)C1CCCN(C(=O)OC(C)(C)C)C1. The number of ether oxygens (including phenoxy) is 2. The summed E-state index contributed by atoms with van der Waals surface area (Å²) < 4.78 is 11.2. The third-order valence-electron chi connectivity index (χ3n) is 5.26. The molecule has 5 heteroatoms. The smallest absolute Gasteiger partial charge is 0.410 e. The molecule has 2 aliphatic heterocycles. The molecular weight excluding hydrogens is 292 g/mol. The van der Waals surface area contributed by atoms with E-state index in [9.17, 15) is 4.79 Å². The van der Waals surface area contributed by atoms with Gasteiger partial charge in [0.25, 0.3) is 0 Å². The van der Waals surface area contributed by atoms with E-state index >= 15 is 0 Å². The lowest BCUT2D eigenvalue weighted by atomic mass is 9.87. The number of likely N-dealkylation sites (tertiary alicyclic amines) is 1. The standard InChI is InChI=1S/C18H34N2O3/c1-13(19-18(6)9-11-22-14(18)2)15-8-7-10-20(12-15)16(21)23-17(3,4)5/h13-15,19H,7-12H2,1-6H3.